The number of nitrogens with zero attached hydrogens (tertiary/aromatic N) is 2. The Morgan fingerprint density at radius 3 is 2.48 bits per heavy atom. The van der Waals surface area contributed by atoms with Gasteiger partial charge in [-0.2, -0.15) is 0 Å². The Kier molecular flexibility index (Phi) is 4.31. The number of carboxylic acid groups (broad SMARTS) is 1. The second-order valence-corrected chi connectivity index (χ2v) is 5.94. The summed E-state index contributed by atoms with van der Waals surface area (Å²) in [5.74, 6) is -1.06. The first-order valence-corrected chi connectivity index (χ1v) is 7.62. The second kappa shape index (κ2) is 6.24. The highest BCUT2D eigenvalue weighted by atomic mass is 35.5. The van der Waals surface area contributed by atoms with Gasteiger partial charge >= 0.3 is 5.97 Å². The highest BCUT2D eigenvalue weighted by Gasteiger charge is 2.18. The Morgan fingerprint density at radius 1 is 1.04 bits per heavy atom. The highest BCUT2D eigenvalue weighted by molar-refractivity contribution is 6.34. The maximum absolute atomic E-state index is 11.6. The molecule has 0 fully saturated rings. The van der Waals surface area contributed by atoms with Crippen molar-refractivity contribution in [2.45, 2.75) is 0 Å². The molecule has 7 heteroatoms. The van der Waals surface area contributed by atoms with Gasteiger partial charge < -0.3 is 9.67 Å². The number of halogens is 3. The van der Waals surface area contributed by atoms with Crippen molar-refractivity contribution in [1.29, 1.82) is 0 Å². The largest absolute Gasteiger partial charge is 0.478 e. The van der Waals surface area contributed by atoms with Crippen molar-refractivity contribution in [2.75, 3.05) is 0 Å². The van der Waals surface area contributed by atoms with Gasteiger partial charge in [0.1, 0.15) is 5.15 Å². The molecular formula is C16H9Cl3N2O2. The van der Waals surface area contributed by atoms with Gasteiger partial charge in [-0.25, -0.2) is 9.78 Å². The summed E-state index contributed by atoms with van der Waals surface area (Å²) in [5.41, 5.74) is 1.77. The smallest absolute Gasteiger partial charge is 0.337 e. The van der Waals surface area contributed by atoms with E-state index in [2.05, 4.69) is 4.98 Å². The molecule has 1 aromatic carbocycles. The van der Waals surface area contributed by atoms with Crippen LogP contribution in [0.4, 0.5) is 0 Å². The molecule has 116 valence electrons. The quantitative estimate of drug-likeness (QED) is 0.647. The molecule has 0 spiro atoms. The zero-order valence-electron chi connectivity index (χ0n) is 11.5. The van der Waals surface area contributed by atoms with E-state index in [9.17, 15) is 9.90 Å². The number of hydrogen-bond acceptors (Lipinski definition) is 2. The molecule has 3 rings (SSSR count). The summed E-state index contributed by atoms with van der Waals surface area (Å²) in [5, 5.41) is 10.6. The van der Waals surface area contributed by atoms with Crippen molar-refractivity contribution in [3.05, 3.63) is 69.7 Å². The molecule has 0 saturated heterocycles. The number of benzene rings is 1. The summed E-state index contributed by atoms with van der Waals surface area (Å²) in [6.45, 7) is 0. The minimum Gasteiger partial charge on any atom is -0.478 e. The first-order chi connectivity index (χ1) is 11.0. The summed E-state index contributed by atoms with van der Waals surface area (Å²) >= 11 is 18.2. The van der Waals surface area contributed by atoms with Gasteiger partial charge in [0.15, 0.2) is 0 Å². The SMILES string of the molecule is O=C(O)c1cn(-c2cc(Cl)ncc2Cl)cc1-c1ccccc1Cl. The molecule has 0 aliphatic rings. The molecule has 0 radical (unpaired) electrons. The standard InChI is InChI=1S/C16H9Cl3N2O2/c17-12-4-2-1-3-9(12)10-7-21(8-11(10)16(22)23)14-5-15(19)20-6-13(14)18/h1-8H,(H,22,23). The van der Waals surface area contributed by atoms with Crippen LogP contribution in [0.1, 0.15) is 10.4 Å². The van der Waals surface area contributed by atoms with Crippen LogP contribution in [-0.2, 0) is 0 Å². The van der Waals surface area contributed by atoms with Gasteiger partial charge in [0, 0.05) is 40.8 Å². The van der Waals surface area contributed by atoms with Gasteiger partial charge in [0.05, 0.1) is 16.3 Å². The van der Waals surface area contributed by atoms with E-state index in [-0.39, 0.29) is 10.7 Å². The maximum Gasteiger partial charge on any atom is 0.337 e. The molecule has 4 nitrogen and oxygen atoms in total. The molecule has 0 aliphatic heterocycles. The summed E-state index contributed by atoms with van der Waals surface area (Å²) in [4.78, 5) is 15.5. The van der Waals surface area contributed by atoms with Crippen LogP contribution in [0.3, 0.4) is 0 Å². The van der Waals surface area contributed by atoms with Crippen molar-refractivity contribution in [3.8, 4) is 16.8 Å². The number of carbonyl (C=O) groups is 1. The second-order valence-electron chi connectivity index (χ2n) is 4.74. The molecule has 0 unspecified atom stereocenters. The van der Waals surface area contributed by atoms with Gasteiger partial charge in [-0.1, -0.05) is 53.0 Å². The van der Waals surface area contributed by atoms with Crippen molar-refractivity contribution < 1.29 is 9.90 Å². The molecule has 3 aromatic rings. The number of carboxylic acids is 1. The third-order valence-electron chi connectivity index (χ3n) is 3.30. The van der Waals surface area contributed by atoms with Crippen LogP contribution >= 0.6 is 34.8 Å². The minimum absolute atomic E-state index is 0.113. The lowest BCUT2D eigenvalue weighted by molar-refractivity contribution is 0.0698. The minimum atomic E-state index is -1.06. The highest BCUT2D eigenvalue weighted by Crippen LogP contribution is 2.33. The third kappa shape index (κ3) is 3.06. The Bertz CT molecular complexity index is 906. The van der Waals surface area contributed by atoms with Gasteiger partial charge in [-0.05, 0) is 6.07 Å². The van der Waals surface area contributed by atoms with Crippen LogP contribution < -0.4 is 0 Å². The predicted octanol–water partition coefficient (Wildman–Crippen LogP) is 5.20. The van der Waals surface area contributed by atoms with Gasteiger partial charge in [0.2, 0.25) is 0 Å². The van der Waals surface area contributed by atoms with Gasteiger partial charge in [-0.15, -0.1) is 0 Å². The van der Waals surface area contributed by atoms with Crippen molar-refractivity contribution >= 4 is 40.8 Å². The zero-order valence-corrected chi connectivity index (χ0v) is 13.8. The Labute approximate surface area is 146 Å². The molecule has 1 N–H and O–H groups in total. The lowest BCUT2D eigenvalue weighted by Gasteiger charge is -2.05. The Morgan fingerprint density at radius 2 is 1.78 bits per heavy atom. The topological polar surface area (TPSA) is 55.1 Å². The monoisotopic (exact) mass is 366 g/mol. The zero-order chi connectivity index (χ0) is 16.6. The first-order valence-electron chi connectivity index (χ1n) is 6.49. The molecule has 2 heterocycles. The molecule has 0 amide bonds. The van der Waals surface area contributed by atoms with E-state index in [1.165, 1.54) is 12.4 Å². The third-order valence-corrected chi connectivity index (χ3v) is 4.13. The fraction of sp³-hybridized carbons (Fsp3) is 0. The fourth-order valence-corrected chi connectivity index (χ4v) is 2.85. The normalized spacial score (nSPS) is 10.7. The first kappa shape index (κ1) is 15.9. The van der Waals surface area contributed by atoms with E-state index in [1.54, 1.807) is 41.1 Å². The van der Waals surface area contributed by atoms with Crippen molar-refractivity contribution in [2.24, 2.45) is 0 Å². The number of aromatic carboxylic acids is 1. The lowest BCUT2D eigenvalue weighted by Crippen LogP contribution is -1.97. The summed E-state index contributed by atoms with van der Waals surface area (Å²) in [7, 11) is 0. The van der Waals surface area contributed by atoms with Crippen molar-refractivity contribution in [1.82, 2.24) is 9.55 Å². The van der Waals surface area contributed by atoms with E-state index < -0.39 is 5.97 Å². The molecule has 0 aliphatic carbocycles. The molecule has 0 bridgehead atoms. The van der Waals surface area contributed by atoms with Crippen LogP contribution in [0.5, 0.6) is 0 Å². The fourth-order valence-electron chi connectivity index (χ4n) is 2.26. The number of rotatable bonds is 3. The average molecular weight is 368 g/mol. The van der Waals surface area contributed by atoms with Gasteiger partial charge in [0.25, 0.3) is 0 Å². The van der Waals surface area contributed by atoms with E-state index in [4.69, 9.17) is 34.8 Å². The van der Waals surface area contributed by atoms with Crippen molar-refractivity contribution in [3.63, 3.8) is 0 Å². The summed E-state index contributed by atoms with van der Waals surface area (Å²) < 4.78 is 1.60. The van der Waals surface area contributed by atoms with E-state index in [0.717, 1.165) is 0 Å². The summed E-state index contributed by atoms with van der Waals surface area (Å²) in [6.07, 6.45) is 4.54. The van der Waals surface area contributed by atoms with E-state index >= 15 is 0 Å². The molecule has 0 atom stereocenters. The van der Waals surface area contributed by atoms with Crippen LogP contribution in [0.15, 0.2) is 48.9 Å². The molecule has 23 heavy (non-hydrogen) atoms. The van der Waals surface area contributed by atoms with Crippen LogP contribution in [0.2, 0.25) is 15.2 Å². The number of pyridine rings is 1. The number of hydrogen-bond donors (Lipinski definition) is 1. The Hall–Kier alpha value is -2.01. The predicted molar refractivity (Wildman–Crippen MR) is 91.0 cm³/mol. The Balaban J connectivity index is 2.23. The maximum atomic E-state index is 11.6. The average Bonchev–Trinajstić information content (AvgIpc) is 2.95. The van der Waals surface area contributed by atoms with Crippen LogP contribution in [0.25, 0.3) is 16.8 Å². The van der Waals surface area contributed by atoms with Crippen LogP contribution in [-0.4, -0.2) is 20.6 Å². The number of aromatic nitrogens is 2. The molecular weight excluding hydrogens is 359 g/mol. The van der Waals surface area contributed by atoms with Gasteiger partial charge in [-0.3, -0.25) is 0 Å². The lowest BCUT2D eigenvalue weighted by atomic mass is 10.1. The molecule has 0 saturated carbocycles. The van der Waals surface area contributed by atoms with Crippen LogP contribution in [0, 0.1) is 0 Å². The summed E-state index contributed by atoms with van der Waals surface area (Å²) in [6, 6.07) is 8.60. The van der Waals surface area contributed by atoms with E-state index in [0.29, 0.717) is 26.9 Å². The van der Waals surface area contributed by atoms with E-state index in [1.807, 2.05) is 0 Å². The molecule has 2 aromatic heterocycles.